The lowest BCUT2D eigenvalue weighted by Crippen LogP contribution is -2.47. The van der Waals surface area contributed by atoms with Gasteiger partial charge in [-0.1, -0.05) is 49.9 Å². The maximum absolute atomic E-state index is 3.77. The summed E-state index contributed by atoms with van der Waals surface area (Å²) in [6.45, 7) is 22.8. The number of nitrogens with one attached hydrogen (secondary N) is 2. The first kappa shape index (κ1) is 33.3. The van der Waals surface area contributed by atoms with Gasteiger partial charge in [-0.05, 0) is 114 Å². The van der Waals surface area contributed by atoms with E-state index in [-0.39, 0.29) is 0 Å². The third-order valence-corrected chi connectivity index (χ3v) is 10.6. The molecule has 5 saturated heterocycles. The summed E-state index contributed by atoms with van der Waals surface area (Å²) in [4.78, 5) is 13.5. The van der Waals surface area contributed by atoms with Crippen molar-refractivity contribution in [3.63, 3.8) is 0 Å². The standard InChI is InChI=1S/C36H65N7/c1-3-15-37-17-26-42(23-6-21-39-19-4-2-9-34(8-1)14-25-39)32-35-10-12-36(13-11-35)33-43-24-7-22-41-30-28-40(29-31-41)20-5-16-38-18-27-43/h10-13,34,37-38H,1-9,14-33H2. The quantitative estimate of drug-likeness (QED) is 0.547. The van der Waals surface area contributed by atoms with E-state index in [1.165, 1.54) is 154 Å². The van der Waals surface area contributed by atoms with E-state index in [4.69, 9.17) is 0 Å². The minimum Gasteiger partial charge on any atom is -0.315 e. The Labute approximate surface area is 264 Å². The molecule has 244 valence electrons. The summed E-state index contributed by atoms with van der Waals surface area (Å²) in [6, 6.07) is 9.66. The second-order valence-corrected chi connectivity index (χ2v) is 14.1. The van der Waals surface area contributed by atoms with Crippen LogP contribution in [0.3, 0.4) is 0 Å². The van der Waals surface area contributed by atoms with Gasteiger partial charge in [-0.15, -0.1) is 0 Å². The lowest BCUT2D eigenvalue weighted by atomic mass is 9.91. The highest BCUT2D eigenvalue weighted by atomic mass is 15.3. The largest absolute Gasteiger partial charge is 0.315 e. The molecule has 0 saturated carbocycles. The average Bonchev–Trinajstić information content (AvgIpc) is 3.01. The highest BCUT2D eigenvalue weighted by molar-refractivity contribution is 5.22. The second-order valence-electron chi connectivity index (χ2n) is 14.1. The third kappa shape index (κ3) is 12.7. The maximum atomic E-state index is 3.77. The van der Waals surface area contributed by atoms with E-state index in [2.05, 4.69) is 59.4 Å². The van der Waals surface area contributed by atoms with Crippen LogP contribution in [-0.4, -0.2) is 136 Å². The number of benzene rings is 1. The Morgan fingerprint density at radius 1 is 0.419 bits per heavy atom. The monoisotopic (exact) mass is 596 g/mol. The Kier molecular flexibility index (Phi) is 15.1. The zero-order chi connectivity index (χ0) is 29.4. The molecule has 0 amide bonds. The van der Waals surface area contributed by atoms with Gasteiger partial charge in [-0.3, -0.25) is 9.80 Å². The lowest BCUT2D eigenvalue weighted by Gasteiger charge is -2.35. The number of fused-ring (bicyclic) bond motifs is 14. The molecule has 0 aliphatic carbocycles. The average molecular weight is 596 g/mol. The molecule has 1 aromatic rings. The van der Waals surface area contributed by atoms with Crippen molar-refractivity contribution in [3.05, 3.63) is 35.4 Å². The van der Waals surface area contributed by atoms with Gasteiger partial charge >= 0.3 is 0 Å². The van der Waals surface area contributed by atoms with Crippen LogP contribution in [0.2, 0.25) is 0 Å². The molecule has 5 heterocycles. The summed E-state index contributed by atoms with van der Waals surface area (Å²) >= 11 is 0. The van der Waals surface area contributed by atoms with Crippen molar-refractivity contribution in [1.82, 2.24) is 35.1 Å². The minimum atomic E-state index is 0.969. The number of hydrogen-bond acceptors (Lipinski definition) is 7. The van der Waals surface area contributed by atoms with Gasteiger partial charge in [0.15, 0.2) is 0 Å². The molecular weight excluding hydrogens is 530 g/mol. The lowest BCUT2D eigenvalue weighted by molar-refractivity contribution is 0.123. The molecule has 0 radical (unpaired) electrons. The van der Waals surface area contributed by atoms with Gasteiger partial charge in [0.05, 0.1) is 0 Å². The van der Waals surface area contributed by atoms with Gasteiger partial charge in [-0.2, -0.15) is 0 Å². The van der Waals surface area contributed by atoms with Crippen LogP contribution in [0.4, 0.5) is 0 Å². The summed E-state index contributed by atoms with van der Waals surface area (Å²) in [5.41, 5.74) is 2.94. The molecule has 2 atom stereocenters. The molecule has 4 bridgehead atoms. The van der Waals surface area contributed by atoms with Crippen molar-refractivity contribution in [2.45, 2.75) is 77.3 Å². The molecule has 2 unspecified atom stereocenters. The van der Waals surface area contributed by atoms with E-state index in [9.17, 15) is 0 Å². The van der Waals surface area contributed by atoms with Crippen LogP contribution in [0.15, 0.2) is 24.3 Å². The third-order valence-electron chi connectivity index (χ3n) is 10.6. The van der Waals surface area contributed by atoms with Gasteiger partial charge < -0.3 is 25.3 Å². The highest BCUT2D eigenvalue weighted by Crippen LogP contribution is 2.23. The molecule has 43 heavy (non-hydrogen) atoms. The van der Waals surface area contributed by atoms with Crippen molar-refractivity contribution >= 4 is 0 Å². The molecule has 6 rings (SSSR count). The summed E-state index contributed by atoms with van der Waals surface area (Å²) in [5, 5.41) is 7.49. The predicted octanol–water partition coefficient (Wildman–Crippen LogP) is 3.95. The van der Waals surface area contributed by atoms with Gasteiger partial charge in [0.2, 0.25) is 0 Å². The molecule has 0 aromatic heterocycles. The topological polar surface area (TPSA) is 40.3 Å². The van der Waals surface area contributed by atoms with Crippen molar-refractivity contribution in [2.75, 3.05) is 111 Å². The fraction of sp³-hybridized carbons (Fsp3) is 0.833. The molecule has 7 heteroatoms. The Morgan fingerprint density at radius 3 is 1.51 bits per heavy atom. The van der Waals surface area contributed by atoms with E-state index >= 15 is 0 Å². The zero-order valence-electron chi connectivity index (χ0n) is 27.6. The number of hydrogen-bond donors (Lipinski definition) is 2. The van der Waals surface area contributed by atoms with Crippen LogP contribution in [-0.2, 0) is 13.1 Å². The molecule has 5 aliphatic heterocycles. The molecule has 1 aromatic carbocycles. The van der Waals surface area contributed by atoms with Gasteiger partial charge in [0.1, 0.15) is 0 Å². The highest BCUT2D eigenvalue weighted by Gasteiger charge is 2.18. The Balaban J connectivity index is 1.10. The summed E-state index contributed by atoms with van der Waals surface area (Å²) in [5.74, 6) is 0.969. The van der Waals surface area contributed by atoms with Crippen LogP contribution in [0.25, 0.3) is 0 Å². The van der Waals surface area contributed by atoms with Crippen LogP contribution in [0.1, 0.15) is 75.3 Å². The number of nitrogens with zero attached hydrogens (tertiary/aromatic N) is 5. The Morgan fingerprint density at radius 2 is 0.907 bits per heavy atom. The van der Waals surface area contributed by atoms with Gasteiger partial charge in [0.25, 0.3) is 0 Å². The van der Waals surface area contributed by atoms with Gasteiger partial charge in [0, 0.05) is 65.4 Å². The van der Waals surface area contributed by atoms with Gasteiger partial charge in [-0.25, -0.2) is 0 Å². The summed E-state index contributed by atoms with van der Waals surface area (Å²) in [7, 11) is 0. The van der Waals surface area contributed by atoms with E-state index in [1.54, 1.807) is 0 Å². The SMILES string of the molecule is c1cc(CN2CCCN3CCN(CCCNCC2)CC3)ccc1CN1CCCN2CCCCC(CCCCNCC1)CC2. The van der Waals surface area contributed by atoms with Crippen LogP contribution in [0, 0.1) is 5.92 Å². The summed E-state index contributed by atoms with van der Waals surface area (Å²) in [6.07, 6.45) is 13.8. The molecule has 7 nitrogen and oxygen atoms in total. The zero-order valence-corrected chi connectivity index (χ0v) is 27.6. The number of rotatable bonds is 4. The molecule has 2 N–H and O–H groups in total. The molecule has 5 fully saturated rings. The van der Waals surface area contributed by atoms with Crippen molar-refractivity contribution in [2.24, 2.45) is 5.92 Å². The van der Waals surface area contributed by atoms with E-state index in [1.807, 2.05) is 0 Å². The normalized spacial score (nSPS) is 30.9. The van der Waals surface area contributed by atoms with Crippen molar-refractivity contribution < 1.29 is 0 Å². The molecular formula is C36H65N7. The first-order valence-corrected chi connectivity index (χ1v) is 18.4. The van der Waals surface area contributed by atoms with Crippen molar-refractivity contribution in [1.29, 1.82) is 0 Å². The Bertz CT molecular complexity index is 853. The fourth-order valence-corrected chi connectivity index (χ4v) is 7.82. The maximum Gasteiger partial charge on any atom is 0.0234 e. The van der Waals surface area contributed by atoms with Crippen molar-refractivity contribution in [3.8, 4) is 0 Å². The van der Waals surface area contributed by atoms with Crippen LogP contribution < -0.4 is 10.6 Å². The van der Waals surface area contributed by atoms with Crippen LogP contribution in [0.5, 0.6) is 0 Å². The van der Waals surface area contributed by atoms with E-state index in [0.717, 1.165) is 51.7 Å². The fourth-order valence-electron chi connectivity index (χ4n) is 7.82. The minimum absolute atomic E-state index is 0.969. The first-order chi connectivity index (χ1) is 21.3. The molecule has 5 aliphatic rings. The Hall–Kier alpha value is -1.06. The van der Waals surface area contributed by atoms with Crippen LogP contribution >= 0.6 is 0 Å². The molecule has 0 spiro atoms. The van der Waals surface area contributed by atoms with E-state index < -0.39 is 0 Å². The number of piperazine rings is 1. The summed E-state index contributed by atoms with van der Waals surface area (Å²) < 4.78 is 0. The van der Waals surface area contributed by atoms with E-state index in [0.29, 0.717) is 0 Å². The predicted molar refractivity (Wildman–Crippen MR) is 182 cm³/mol. The second kappa shape index (κ2) is 19.5. The smallest absolute Gasteiger partial charge is 0.0234 e. The first-order valence-electron chi connectivity index (χ1n) is 18.4.